The first-order chi connectivity index (χ1) is 8.59. The smallest absolute Gasteiger partial charge is 0.240 e. The molecule has 1 amide bonds. The zero-order valence-corrected chi connectivity index (χ0v) is 12.0. The van der Waals surface area contributed by atoms with E-state index in [4.69, 9.17) is 0 Å². The van der Waals surface area contributed by atoms with Crippen LogP contribution in [0.3, 0.4) is 0 Å². The van der Waals surface area contributed by atoms with Gasteiger partial charge in [0.1, 0.15) is 0 Å². The SMILES string of the molecule is CC1CCCNC1C(=O)N1CCCC(N(C)C)C1. The number of likely N-dealkylation sites (N-methyl/N-ethyl adjacent to an activating group) is 1. The predicted molar refractivity (Wildman–Crippen MR) is 73.5 cm³/mol. The van der Waals surface area contributed by atoms with E-state index in [0.29, 0.717) is 17.9 Å². The van der Waals surface area contributed by atoms with Crippen molar-refractivity contribution in [2.75, 3.05) is 33.7 Å². The van der Waals surface area contributed by atoms with Gasteiger partial charge in [-0.2, -0.15) is 0 Å². The van der Waals surface area contributed by atoms with Crippen molar-refractivity contribution in [2.45, 2.75) is 44.7 Å². The van der Waals surface area contributed by atoms with Crippen molar-refractivity contribution in [3.8, 4) is 0 Å². The van der Waals surface area contributed by atoms with E-state index in [1.54, 1.807) is 0 Å². The highest BCUT2D eigenvalue weighted by Crippen LogP contribution is 2.20. The van der Waals surface area contributed by atoms with Gasteiger partial charge in [-0.05, 0) is 52.2 Å². The molecular weight excluding hydrogens is 226 g/mol. The Kier molecular flexibility index (Phi) is 4.62. The summed E-state index contributed by atoms with van der Waals surface area (Å²) in [6.07, 6.45) is 4.72. The standard InChI is InChI=1S/C14H27N3O/c1-11-6-4-8-15-13(11)14(18)17-9-5-7-12(10-17)16(2)3/h11-13,15H,4-10H2,1-3H3. The van der Waals surface area contributed by atoms with Gasteiger partial charge in [-0.3, -0.25) is 4.79 Å². The zero-order chi connectivity index (χ0) is 13.1. The Bertz CT molecular complexity index is 293. The number of hydrogen-bond acceptors (Lipinski definition) is 3. The van der Waals surface area contributed by atoms with E-state index in [9.17, 15) is 4.79 Å². The molecular formula is C14H27N3O. The minimum absolute atomic E-state index is 0.0552. The van der Waals surface area contributed by atoms with Gasteiger partial charge in [0.15, 0.2) is 0 Å². The molecule has 0 aromatic carbocycles. The van der Waals surface area contributed by atoms with Crippen LogP contribution in [-0.4, -0.2) is 61.5 Å². The summed E-state index contributed by atoms with van der Waals surface area (Å²) in [6.45, 7) is 5.03. The van der Waals surface area contributed by atoms with E-state index in [0.717, 1.165) is 26.1 Å². The van der Waals surface area contributed by atoms with E-state index in [-0.39, 0.29) is 6.04 Å². The number of hydrogen-bond donors (Lipinski definition) is 1. The molecule has 0 radical (unpaired) electrons. The van der Waals surface area contributed by atoms with E-state index < -0.39 is 0 Å². The summed E-state index contributed by atoms with van der Waals surface area (Å²) in [4.78, 5) is 16.9. The third-order valence-corrected chi connectivity index (χ3v) is 4.47. The highest BCUT2D eigenvalue weighted by Gasteiger charge is 2.33. The minimum atomic E-state index is 0.0552. The van der Waals surface area contributed by atoms with Gasteiger partial charge in [-0.25, -0.2) is 0 Å². The molecule has 2 saturated heterocycles. The quantitative estimate of drug-likeness (QED) is 0.795. The molecule has 4 nitrogen and oxygen atoms in total. The molecule has 1 N–H and O–H groups in total. The summed E-state index contributed by atoms with van der Waals surface area (Å²) in [5, 5.41) is 3.41. The van der Waals surface area contributed by atoms with Crippen molar-refractivity contribution in [3.05, 3.63) is 0 Å². The van der Waals surface area contributed by atoms with Crippen molar-refractivity contribution in [1.82, 2.24) is 15.1 Å². The molecule has 2 aliphatic heterocycles. The lowest BCUT2D eigenvalue weighted by Crippen LogP contribution is -2.56. The summed E-state index contributed by atoms with van der Waals surface area (Å²) < 4.78 is 0. The van der Waals surface area contributed by atoms with Crippen molar-refractivity contribution in [2.24, 2.45) is 5.92 Å². The number of nitrogens with zero attached hydrogens (tertiary/aromatic N) is 2. The number of likely N-dealkylation sites (tertiary alicyclic amines) is 1. The largest absolute Gasteiger partial charge is 0.340 e. The molecule has 0 aromatic heterocycles. The molecule has 2 aliphatic rings. The molecule has 2 fully saturated rings. The number of carbonyl (C=O) groups is 1. The van der Waals surface area contributed by atoms with Crippen molar-refractivity contribution < 1.29 is 4.79 Å². The van der Waals surface area contributed by atoms with Crippen molar-refractivity contribution >= 4 is 5.91 Å². The van der Waals surface area contributed by atoms with E-state index in [1.807, 2.05) is 0 Å². The second-order valence-corrected chi connectivity index (χ2v) is 6.10. The van der Waals surface area contributed by atoms with Gasteiger partial charge < -0.3 is 15.1 Å². The lowest BCUT2D eigenvalue weighted by molar-refractivity contribution is -0.137. The maximum absolute atomic E-state index is 12.6. The van der Waals surface area contributed by atoms with Crippen LogP contribution in [0.15, 0.2) is 0 Å². The molecule has 4 heteroatoms. The molecule has 104 valence electrons. The first-order valence-corrected chi connectivity index (χ1v) is 7.28. The number of nitrogens with one attached hydrogen (secondary N) is 1. The van der Waals surface area contributed by atoms with Crippen molar-refractivity contribution in [1.29, 1.82) is 0 Å². The molecule has 18 heavy (non-hydrogen) atoms. The second-order valence-electron chi connectivity index (χ2n) is 6.10. The normalized spacial score (nSPS) is 33.8. The van der Waals surface area contributed by atoms with Gasteiger partial charge in [0.25, 0.3) is 0 Å². The minimum Gasteiger partial charge on any atom is -0.340 e. The summed E-state index contributed by atoms with van der Waals surface area (Å²) in [5.41, 5.74) is 0. The van der Waals surface area contributed by atoms with Gasteiger partial charge in [-0.15, -0.1) is 0 Å². The van der Waals surface area contributed by atoms with Gasteiger partial charge in [0.2, 0.25) is 5.91 Å². The van der Waals surface area contributed by atoms with Gasteiger partial charge in [-0.1, -0.05) is 6.92 Å². The monoisotopic (exact) mass is 253 g/mol. The average molecular weight is 253 g/mol. The van der Waals surface area contributed by atoms with E-state index >= 15 is 0 Å². The first kappa shape index (κ1) is 13.8. The highest BCUT2D eigenvalue weighted by atomic mass is 16.2. The summed E-state index contributed by atoms with van der Waals surface area (Å²) in [5.74, 6) is 0.805. The van der Waals surface area contributed by atoms with Crippen LogP contribution in [0, 0.1) is 5.92 Å². The zero-order valence-electron chi connectivity index (χ0n) is 12.0. The van der Waals surface area contributed by atoms with Crippen LogP contribution in [0.2, 0.25) is 0 Å². The van der Waals surface area contributed by atoms with Crippen LogP contribution in [0.1, 0.15) is 32.6 Å². The third kappa shape index (κ3) is 3.04. The Morgan fingerprint density at radius 2 is 2.06 bits per heavy atom. The fourth-order valence-electron chi connectivity index (χ4n) is 3.15. The van der Waals surface area contributed by atoms with Crippen LogP contribution in [0.25, 0.3) is 0 Å². The molecule has 0 aromatic rings. The number of piperidine rings is 2. The summed E-state index contributed by atoms with van der Waals surface area (Å²) in [6, 6.07) is 0.584. The number of amides is 1. The third-order valence-electron chi connectivity index (χ3n) is 4.47. The Balaban J connectivity index is 1.95. The average Bonchev–Trinajstić information content (AvgIpc) is 2.38. The molecule has 0 bridgehead atoms. The Labute approximate surface area is 111 Å². The van der Waals surface area contributed by atoms with E-state index in [1.165, 1.54) is 19.3 Å². The van der Waals surface area contributed by atoms with Crippen molar-refractivity contribution in [3.63, 3.8) is 0 Å². The maximum Gasteiger partial charge on any atom is 0.240 e. The van der Waals surface area contributed by atoms with Gasteiger partial charge in [0.05, 0.1) is 6.04 Å². The molecule has 0 saturated carbocycles. The Morgan fingerprint density at radius 3 is 2.72 bits per heavy atom. The summed E-state index contributed by atoms with van der Waals surface area (Å²) in [7, 11) is 4.22. The predicted octanol–water partition coefficient (Wildman–Crippen LogP) is 0.927. The second kappa shape index (κ2) is 6.02. The molecule has 0 spiro atoms. The Morgan fingerprint density at radius 1 is 1.28 bits per heavy atom. The first-order valence-electron chi connectivity index (χ1n) is 7.28. The van der Waals surface area contributed by atoms with Gasteiger partial charge >= 0.3 is 0 Å². The lowest BCUT2D eigenvalue weighted by atomic mass is 9.91. The highest BCUT2D eigenvalue weighted by molar-refractivity contribution is 5.82. The van der Waals surface area contributed by atoms with Crippen LogP contribution in [0.4, 0.5) is 0 Å². The maximum atomic E-state index is 12.6. The Hall–Kier alpha value is -0.610. The summed E-state index contributed by atoms with van der Waals surface area (Å²) >= 11 is 0. The molecule has 3 atom stereocenters. The fraction of sp³-hybridized carbons (Fsp3) is 0.929. The molecule has 3 unspecified atom stereocenters. The molecule has 2 rings (SSSR count). The fourth-order valence-corrected chi connectivity index (χ4v) is 3.15. The number of carbonyl (C=O) groups excluding carboxylic acids is 1. The van der Waals surface area contributed by atoms with Crippen LogP contribution in [-0.2, 0) is 4.79 Å². The van der Waals surface area contributed by atoms with Crippen LogP contribution >= 0.6 is 0 Å². The topological polar surface area (TPSA) is 35.6 Å². The van der Waals surface area contributed by atoms with Crippen LogP contribution in [0.5, 0.6) is 0 Å². The lowest BCUT2D eigenvalue weighted by Gasteiger charge is -2.39. The van der Waals surface area contributed by atoms with E-state index in [2.05, 4.69) is 36.1 Å². The molecule has 2 heterocycles. The molecule has 0 aliphatic carbocycles. The number of rotatable bonds is 2. The van der Waals surface area contributed by atoms with Crippen LogP contribution < -0.4 is 5.32 Å². The van der Waals surface area contributed by atoms with Gasteiger partial charge in [0, 0.05) is 19.1 Å².